The number of hydrogen-bond donors (Lipinski definition) is 3. The van der Waals surface area contributed by atoms with E-state index >= 15 is 0 Å². The Balaban J connectivity index is 0.000000617. The summed E-state index contributed by atoms with van der Waals surface area (Å²) >= 11 is 0. The molecule has 38 heavy (non-hydrogen) atoms. The molecule has 4 heterocycles. The van der Waals surface area contributed by atoms with Crippen LogP contribution in [0.3, 0.4) is 0 Å². The van der Waals surface area contributed by atoms with Crippen LogP contribution in [0.15, 0.2) is 29.3 Å². The molecule has 1 saturated carbocycles. The molecule has 5 rings (SSSR count). The van der Waals surface area contributed by atoms with E-state index in [0.29, 0.717) is 29.2 Å². The van der Waals surface area contributed by atoms with E-state index in [1.165, 1.54) is 6.92 Å². The third-order valence-electron chi connectivity index (χ3n) is 6.72. The van der Waals surface area contributed by atoms with E-state index in [4.69, 9.17) is 9.54 Å². The van der Waals surface area contributed by atoms with Crippen LogP contribution in [0.4, 0.5) is 17.5 Å². The fourth-order valence-corrected chi connectivity index (χ4v) is 4.99. The fourth-order valence-electron chi connectivity index (χ4n) is 4.99. The first-order valence-electron chi connectivity index (χ1n) is 12.6. The maximum Gasteiger partial charge on any atom is 0.263 e. The Bertz CT molecular complexity index is 1470. The molecule has 3 aromatic heterocycles. The average Bonchev–Trinajstić information content (AvgIpc) is 3.38. The zero-order chi connectivity index (χ0) is 27.4. The lowest BCUT2D eigenvalue weighted by Crippen LogP contribution is -2.43. The summed E-state index contributed by atoms with van der Waals surface area (Å²) in [6.45, 7) is 7.11. The molecule has 1 saturated heterocycles. The second-order valence-electron chi connectivity index (χ2n) is 9.60. The number of piperazine rings is 1. The van der Waals surface area contributed by atoms with E-state index in [9.17, 15) is 18.0 Å². The summed E-state index contributed by atoms with van der Waals surface area (Å²) < 4.78 is 27.6. The Morgan fingerprint density at radius 3 is 2.37 bits per heavy atom. The van der Waals surface area contributed by atoms with Crippen LogP contribution in [0.5, 0.6) is 0 Å². The Hall–Kier alpha value is -3.42. The van der Waals surface area contributed by atoms with Crippen molar-refractivity contribution in [2.24, 2.45) is 0 Å². The van der Waals surface area contributed by atoms with Crippen molar-refractivity contribution in [1.29, 1.82) is 0 Å². The minimum Gasteiger partial charge on any atom is -0.368 e. The number of pyridine rings is 2. The van der Waals surface area contributed by atoms with Crippen molar-refractivity contribution in [3.05, 3.63) is 46.0 Å². The van der Waals surface area contributed by atoms with Crippen LogP contribution in [0.2, 0.25) is 0 Å². The molecule has 1 aliphatic heterocycles. The van der Waals surface area contributed by atoms with Crippen molar-refractivity contribution in [3.63, 3.8) is 0 Å². The Morgan fingerprint density at radius 1 is 1.13 bits per heavy atom. The second kappa shape index (κ2) is 11.5. The minimum atomic E-state index is -3.67. The van der Waals surface area contributed by atoms with Gasteiger partial charge in [-0.15, -0.1) is 0 Å². The molecule has 0 amide bonds. The number of hydrogen-bond acceptors (Lipinski definition) is 10. The first-order valence-corrected chi connectivity index (χ1v) is 14.4. The number of anilines is 3. The molecule has 1 aliphatic carbocycles. The quantitative estimate of drug-likeness (QED) is 0.320. The summed E-state index contributed by atoms with van der Waals surface area (Å²) in [7, 11) is -3.67. The van der Waals surface area contributed by atoms with Gasteiger partial charge in [-0.2, -0.15) is 13.4 Å². The van der Waals surface area contributed by atoms with E-state index in [0.717, 1.165) is 62.9 Å². The highest BCUT2D eigenvalue weighted by atomic mass is 32.2. The van der Waals surface area contributed by atoms with Crippen molar-refractivity contribution < 1.29 is 17.8 Å². The number of carbonyl (C=O) groups is 1. The molecule has 0 bridgehead atoms. The maximum atomic E-state index is 13.3. The SMILES string of the molecule is CC(=O)c1c(C)c2cnc(Nc3ccc(N4CCNCC4)cn3)nc2n(C2CCCC2)c1=O.CS(=O)(=O)O. The topological polar surface area (TPSA) is 159 Å². The summed E-state index contributed by atoms with van der Waals surface area (Å²) in [5.41, 5.74) is 2.29. The Kier molecular flexibility index (Phi) is 8.38. The zero-order valence-electron chi connectivity index (χ0n) is 21.8. The van der Waals surface area contributed by atoms with Gasteiger partial charge in [0, 0.05) is 43.8 Å². The van der Waals surface area contributed by atoms with Crippen LogP contribution in [0.1, 0.15) is 54.6 Å². The van der Waals surface area contributed by atoms with Gasteiger partial charge in [0.1, 0.15) is 11.5 Å². The van der Waals surface area contributed by atoms with E-state index < -0.39 is 10.1 Å². The summed E-state index contributed by atoms with van der Waals surface area (Å²) in [5, 5.41) is 7.26. The molecular weight excluding hydrogens is 510 g/mol. The molecule has 0 atom stereocenters. The molecule has 0 radical (unpaired) electrons. The normalized spacial score (nSPS) is 16.3. The van der Waals surface area contributed by atoms with Gasteiger partial charge in [-0.05, 0) is 44.4 Å². The summed E-state index contributed by atoms with van der Waals surface area (Å²) in [5.74, 6) is 0.799. The number of Topliss-reactive ketones (excluding diaryl/α,β-unsaturated/α-hetero) is 1. The third-order valence-corrected chi connectivity index (χ3v) is 6.72. The molecule has 0 aromatic carbocycles. The minimum absolute atomic E-state index is 0.0536. The lowest BCUT2D eigenvalue weighted by atomic mass is 10.0. The highest BCUT2D eigenvalue weighted by molar-refractivity contribution is 7.85. The van der Waals surface area contributed by atoms with Gasteiger partial charge in [0.15, 0.2) is 5.78 Å². The van der Waals surface area contributed by atoms with Crippen LogP contribution in [-0.4, -0.2) is 70.7 Å². The van der Waals surface area contributed by atoms with Gasteiger partial charge in [0.05, 0.1) is 23.7 Å². The van der Waals surface area contributed by atoms with Gasteiger partial charge in [-0.1, -0.05) is 12.8 Å². The van der Waals surface area contributed by atoms with Gasteiger partial charge in [-0.3, -0.25) is 18.7 Å². The number of carbonyl (C=O) groups excluding carboxylic acids is 1. The highest BCUT2D eigenvalue weighted by Crippen LogP contribution is 2.32. The number of ketones is 1. The molecule has 13 heteroatoms. The van der Waals surface area contributed by atoms with Gasteiger partial charge >= 0.3 is 0 Å². The lowest BCUT2D eigenvalue weighted by Gasteiger charge is -2.29. The molecule has 204 valence electrons. The summed E-state index contributed by atoms with van der Waals surface area (Å²) in [6, 6.07) is 4.01. The summed E-state index contributed by atoms with van der Waals surface area (Å²) in [6.07, 6.45) is 8.24. The molecule has 2 fully saturated rings. The standard InChI is InChI=1S/C24H29N7O2.CH4O3S/c1-15-19-14-27-24(28-20-8-7-18(13-26-20)30-11-9-25-10-12-30)29-22(19)31(17-5-3-4-6-17)23(33)21(15)16(2)32;1-5(2,3)4/h7-8,13-14,17,25H,3-6,9-12H2,1-2H3,(H,26,27,28,29);1H3,(H,2,3,4). The van der Waals surface area contributed by atoms with E-state index in [1.807, 2.05) is 18.3 Å². The molecule has 12 nitrogen and oxygen atoms in total. The van der Waals surface area contributed by atoms with Crippen LogP contribution < -0.4 is 21.1 Å². The molecule has 0 unspecified atom stereocenters. The lowest BCUT2D eigenvalue weighted by molar-refractivity contribution is 0.101. The van der Waals surface area contributed by atoms with Crippen molar-refractivity contribution in [2.45, 2.75) is 45.6 Å². The fraction of sp³-hybridized carbons (Fsp3) is 0.480. The van der Waals surface area contributed by atoms with Crippen LogP contribution in [-0.2, 0) is 10.1 Å². The number of rotatable bonds is 5. The third kappa shape index (κ3) is 6.52. The van der Waals surface area contributed by atoms with Crippen LogP contribution in [0.25, 0.3) is 11.0 Å². The highest BCUT2D eigenvalue weighted by Gasteiger charge is 2.25. The van der Waals surface area contributed by atoms with Crippen molar-refractivity contribution >= 4 is 44.4 Å². The van der Waals surface area contributed by atoms with E-state index in [1.54, 1.807) is 17.7 Å². The predicted molar refractivity (Wildman–Crippen MR) is 146 cm³/mol. The first kappa shape index (κ1) is 27.6. The monoisotopic (exact) mass is 543 g/mol. The Labute approximate surface area is 221 Å². The van der Waals surface area contributed by atoms with E-state index in [-0.39, 0.29) is 22.9 Å². The second-order valence-corrected chi connectivity index (χ2v) is 11.1. The van der Waals surface area contributed by atoms with Crippen LogP contribution in [0, 0.1) is 6.92 Å². The largest absolute Gasteiger partial charge is 0.368 e. The predicted octanol–water partition coefficient (Wildman–Crippen LogP) is 2.47. The van der Waals surface area contributed by atoms with Gasteiger partial charge in [0.25, 0.3) is 15.7 Å². The van der Waals surface area contributed by atoms with Crippen molar-refractivity contribution in [3.8, 4) is 0 Å². The van der Waals surface area contributed by atoms with Crippen molar-refractivity contribution in [2.75, 3.05) is 42.7 Å². The average molecular weight is 544 g/mol. The first-order chi connectivity index (χ1) is 18.0. The number of fused-ring (bicyclic) bond motifs is 1. The zero-order valence-corrected chi connectivity index (χ0v) is 22.6. The smallest absolute Gasteiger partial charge is 0.263 e. The summed E-state index contributed by atoms with van der Waals surface area (Å²) in [4.78, 5) is 41.6. The molecule has 2 aliphatic rings. The number of nitrogens with one attached hydrogen (secondary N) is 2. The molecular formula is C25H33N7O5S. The number of nitrogens with zero attached hydrogens (tertiary/aromatic N) is 5. The molecule has 3 aromatic rings. The maximum absolute atomic E-state index is 13.3. The molecule has 0 spiro atoms. The van der Waals surface area contributed by atoms with Crippen LogP contribution >= 0.6 is 0 Å². The number of aromatic nitrogens is 4. The van der Waals surface area contributed by atoms with Gasteiger partial charge in [-0.25, -0.2) is 9.97 Å². The van der Waals surface area contributed by atoms with E-state index in [2.05, 4.69) is 25.5 Å². The van der Waals surface area contributed by atoms with Gasteiger partial charge < -0.3 is 15.5 Å². The van der Waals surface area contributed by atoms with Gasteiger partial charge in [0.2, 0.25) is 5.95 Å². The number of aryl methyl sites for hydroxylation is 1. The Morgan fingerprint density at radius 2 is 1.79 bits per heavy atom. The van der Waals surface area contributed by atoms with Crippen molar-refractivity contribution in [1.82, 2.24) is 24.8 Å². The molecule has 3 N–H and O–H groups in total.